The first kappa shape index (κ1) is 62.4. The number of unbranched alkanes of at least 4 members (excludes halogenated alkanes) is 2. The molecule has 0 aromatic heterocycles. The van der Waals surface area contributed by atoms with Crippen molar-refractivity contribution >= 4 is 47.6 Å². The zero-order chi connectivity index (χ0) is 53.5. The normalized spacial score (nSPS) is 17.7. The van der Waals surface area contributed by atoms with E-state index in [1.54, 1.807) is 39.6 Å². The standard InChI is InChI=1S/C52H95N9O10/c1-13-16-28-41(61(29-17-14-2)34-36(5)56-44(63)35(4)32-54-45(64)38-26-21-30-60(31-22-27-38)50(69)71-52(9,10)11)48(67)59(12)40(23-15-3)46(65)58-42(37-24-19-18-20-25-37)47(66)57-39(43(53)62)33-55-49(68)70-51(6,7)8/h35-42H,13-34H2,1-12H3,(H2,53,62)(H,54,64)(H,55,68)(H,56,63)(H,57,66)(H,58,65)/t35-,36+,39-,40-,41-,42-/m0/s1. The molecule has 1 aliphatic heterocycles. The highest BCUT2D eigenvalue weighted by atomic mass is 16.6. The summed E-state index contributed by atoms with van der Waals surface area (Å²) in [4.78, 5) is 113. The number of likely N-dealkylation sites (tertiary alicyclic amines) is 1. The molecule has 2 fully saturated rings. The van der Waals surface area contributed by atoms with Crippen LogP contribution in [0.3, 0.4) is 0 Å². The number of nitrogens with two attached hydrogens (primary N) is 1. The lowest BCUT2D eigenvalue weighted by molar-refractivity contribution is -0.145. The molecule has 1 saturated heterocycles. The third kappa shape index (κ3) is 23.2. The van der Waals surface area contributed by atoms with E-state index in [1.807, 2.05) is 34.6 Å². The molecule has 0 spiro atoms. The zero-order valence-corrected chi connectivity index (χ0v) is 45.7. The van der Waals surface area contributed by atoms with Gasteiger partial charge < -0.3 is 51.6 Å². The Morgan fingerprint density at radius 1 is 0.676 bits per heavy atom. The predicted molar refractivity (Wildman–Crippen MR) is 275 cm³/mol. The lowest BCUT2D eigenvalue weighted by Gasteiger charge is -2.38. The highest BCUT2D eigenvalue weighted by Crippen LogP contribution is 2.28. The topological polar surface area (TPSA) is 251 Å². The maximum Gasteiger partial charge on any atom is 0.410 e. The van der Waals surface area contributed by atoms with Gasteiger partial charge in [-0.1, -0.05) is 72.6 Å². The summed E-state index contributed by atoms with van der Waals surface area (Å²) >= 11 is 0. The molecule has 6 atom stereocenters. The van der Waals surface area contributed by atoms with Gasteiger partial charge in [-0.3, -0.25) is 33.7 Å². The van der Waals surface area contributed by atoms with Crippen LogP contribution in [0.2, 0.25) is 0 Å². The van der Waals surface area contributed by atoms with Crippen molar-refractivity contribution in [2.75, 3.05) is 46.3 Å². The van der Waals surface area contributed by atoms with E-state index in [0.29, 0.717) is 84.0 Å². The molecule has 0 aromatic carbocycles. The van der Waals surface area contributed by atoms with Gasteiger partial charge in [0.15, 0.2) is 0 Å². The van der Waals surface area contributed by atoms with Gasteiger partial charge in [-0.25, -0.2) is 9.59 Å². The quantitative estimate of drug-likeness (QED) is 0.0630. The second-order valence-corrected chi connectivity index (χ2v) is 22.0. The first-order valence-corrected chi connectivity index (χ1v) is 26.8. The molecule has 0 aromatic rings. The molecule has 19 heteroatoms. The van der Waals surface area contributed by atoms with Crippen molar-refractivity contribution in [2.45, 2.75) is 220 Å². The molecule has 71 heavy (non-hydrogen) atoms. The minimum Gasteiger partial charge on any atom is -0.444 e. The Hall–Kier alpha value is -4.68. The Bertz CT molecular complexity index is 1700. The maximum atomic E-state index is 14.8. The molecule has 0 unspecified atom stereocenters. The highest BCUT2D eigenvalue weighted by Gasteiger charge is 2.39. The third-order valence-corrected chi connectivity index (χ3v) is 13.2. The van der Waals surface area contributed by atoms with Gasteiger partial charge in [0.1, 0.15) is 29.3 Å². The summed E-state index contributed by atoms with van der Waals surface area (Å²) in [5.41, 5.74) is 4.30. The number of carbonyl (C=O) groups is 8. The number of rotatable bonds is 26. The molecule has 1 saturated carbocycles. The van der Waals surface area contributed by atoms with Gasteiger partial charge >= 0.3 is 12.2 Å². The number of hydrogen-bond donors (Lipinski definition) is 6. The SMILES string of the molecule is CCCC[C@@H](C(=O)N(C)[C@@H](CCC)C(=O)N[C@H](C(=O)N[C@@H](CNC(=O)OC(C)(C)C)C(N)=O)C1CCCCC1)N(CCCC)C[C@@H](C)NC(=O)[C@@H](C)CNC(=O)C1CCCN(C(=O)OC(C)(C)C)CCC1. The number of amides is 8. The van der Waals surface area contributed by atoms with E-state index >= 15 is 0 Å². The minimum absolute atomic E-state index is 0.0974. The van der Waals surface area contributed by atoms with Crippen LogP contribution in [-0.2, 0) is 38.2 Å². The van der Waals surface area contributed by atoms with Gasteiger partial charge in [0.05, 0.1) is 18.5 Å². The van der Waals surface area contributed by atoms with E-state index in [9.17, 15) is 38.4 Å². The van der Waals surface area contributed by atoms with E-state index < -0.39 is 65.1 Å². The van der Waals surface area contributed by atoms with Crippen LogP contribution in [0, 0.1) is 17.8 Å². The fourth-order valence-corrected chi connectivity index (χ4v) is 9.21. The molecule has 8 amide bonds. The van der Waals surface area contributed by atoms with Crippen molar-refractivity contribution < 1.29 is 47.8 Å². The van der Waals surface area contributed by atoms with Gasteiger partial charge in [0.2, 0.25) is 35.4 Å². The Balaban J connectivity index is 2.19. The molecular formula is C52H95N9O10. The summed E-state index contributed by atoms with van der Waals surface area (Å²) in [5, 5.41) is 14.3. The fraction of sp³-hybridized carbons (Fsp3) is 0.846. The molecule has 2 rings (SSSR count). The summed E-state index contributed by atoms with van der Waals surface area (Å²) in [6.07, 6.45) is 10.3. The van der Waals surface area contributed by atoms with Gasteiger partial charge in [-0.15, -0.1) is 0 Å². The maximum absolute atomic E-state index is 14.8. The molecule has 0 bridgehead atoms. The van der Waals surface area contributed by atoms with E-state index in [2.05, 4.69) is 45.3 Å². The number of carbonyl (C=O) groups excluding carboxylic acids is 8. The van der Waals surface area contributed by atoms with Crippen molar-refractivity contribution in [3.8, 4) is 0 Å². The van der Waals surface area contributed by atoms with E-state index in [-0.39, 0.29) is 54.8 Å². The monoisotopic (exact) mass is 1010 g/mol. The van der Waals surface area contributed by atoms with Crippen LogP contribution in [-0.4, -0.2) is 150 Å². The Morgan fingerprint density at radius 2 is 1.28 bits per heavy atom. The number of likely N-dealkylation sites (N-methyl/N-ethyl adjacent to an activating group) is 1. The molecule has 1 aliphatic carbocycles. The van der Waals surface area contributed by atoms with E-state index in [4.69, 9.17) is 15.2 Å². The lowest BCUT2D eigenvalue weighted by Crippen LogP contribution is -2.61. The zero-order valence-electron chi connectivity index (χ0n) is 45.7. The third-order valence-electron chi connectivity index (χ3n) is 13.2. The molecule has 19 nitrogen and oxygen atoms in total. The smallest absolute Gasteiger partial charge is 0.410 e. The highest BCUT2D eigenvalue weighted by molar-refractivity contribution is 5.95. The fourth-order valence-electron chi connectivity index (χ4n) is 9.21. The van der Waals surface area contributed by atoms with Gasteiger partial charge in [0, 0.05) is 45.2 Å². The van der Waals surface area contributed by atoms with Crippen molar-refractivity contribution in [3.05, 3.63) is 0 Å². The average Bonchev–Trinajstić information content (AvgIpc) is 3.27. The van der Waals surface area contributed by atoms with Crippen molar-refractivity contribution in [1.29, 1.82) is 0 Å². The summed E-state index contributed by atoms with van der Waals surface area (Å²) in [7, 11) is 1.64. The molecule has 1 heterocycles. The van der Waals surface area contributed by atoms with Crippen molar-refractivity contribution in [3.63, 3.8) is 0 Å². The van der Waals surface area contributed by atoms with Crippen LogP contribution in [0.1, 0.15) is 179 Å². The van der Waals surface area contributed by atoms with Crippen molar-refractivity contribution in [1.82, 2.24) is 41.3 Å². The number of hydrogen-bond acceptors (Lipinski definition) is 11. The molecule has 408 valence electrons. The van der Waals surface area contributed by atoms with E-state index in [0.717, 1.165) is 44.9 Å². The van der Waals surface area contributed by atoms with Crippen LogP contribution >= 0.6 is 0 Å². The number of ether oxygens (including phenoxy) is 2. The first-order chi connectivity index (χ1) is 33.3. The van der Waals surface area contributed by atoms with Crippen LogP contribution in [0.25, 0.3) is 0 Å². The molecule has 2 aliphatic rings. The average molecular weight is 1010 g/mol. The summed E-state index contributed by atoms with van der Waals surface area (Å²) < 4.78 is 10.8. The first-order valence-electron chi connectivity index (χ1n) is 26.8. The largest absolute Gasteiger partial charge is 0.444 e. The Morgan fingerprint density at radius 3 is 1.83 bits per heavy atom. The second-order valence-electron chi connectivity index (χ2n) is 22.0. The molecular weight excluding hydrogens is 911 g/mol. The summed E-state index contributed by atoms with van der Waals surface area (Å²) in [5.74, 6) is -3.46. The van der Waals surface area contributed by atoms with Crippen molar-refractivity contribution in [2.24, 2.45) is 23.5 Å². The predicted octanol–water partition coefficient (Wildman–Crippen LogP) is 5.52. The van der Waals surface area contributed by atoms with Crippen LogP contribution in [0.5, 0.6) is 0 Å². The number of nitrogens with one attached hydrogen (secondary N) is 5. The Labute approximate surface area is 425 Å². The molecule has 7 N–H and O–H groups in total. The number of primary amides is 1. The lowest BCUT2D eigenvalue weighted by atomic mass is 9.83. The Kier molecular flexibility index (Phi) is 27.3. The van der Waals surface area contributed by atoms with Crippen LogP contribution in [0.4, 0.5) is 9.59 Å². The second kappa shape index (κ2) is 31.0. The number of alkyl carbamates (subject to hydrolysis) is 1. The van der Waals surface area contributed by atoms with Gasteiger partial charge in [-0.05, 0) is 119 Å². The number of nitrogens with zero attached hydrogens (tertiary/aromatic N) is 3. The van der Waals surface area contributed by atoms with E-state index in [1.165, 1.54) is 4.90 Å². The van der Waals surface area contributed by atoms with Crippen LogP contribution < -0.4 is 32.3 Å². The summed E-state index contributed by atoms with van der Waals surface area (Å²) in [6, 6.07) is -4.16. The van der Waals surface area contributed by atoms with Crippen LogP contribution in [0.15, 0.2) is 0 Å². The molecule has 0 radical (unpaired) electrons. The minimum atomic E-state index is -1.28. The summed E-state index contributed by atoms with van der Waals surface area (Å²) in [6.45, 7) is 22.2. The van der Waals surface area contributed by atoms with Gasteiger partial charge in [0.25, 0.3) is 0 Å². The van der Waals surface area contributed by atoms with Gasteiger partial charge in [-0.2, -0.15) is 0 Å².